The fraction of sp³-hybridized carbons (Fsp3) is 0.143. The smallest absolute Gasteiger partial charge is 0.253 e. The first-order chi connectivity index (χ1) is 18.6. The van der Waals surface area contributed by atoms with Crippen LogP contribution in [-0.2, 0) is 4.79 Å². The summed E-state index contributed by atoms with van der Waals surface area (Å²) in [5.41, 5.74) is 3.44. The number of thioether (sulfide) groups is 1. The summed E-state index contributed by atoms with van der Waals surface area (Å²) in [6, 6.07) is 22.5. The summed E-state index contributed by atoms with van der Waals surface area (Å²) in [6.07, 6.45) is 3.77. The summed E-state index contributed by atoms with van der Waals surface area (Å²) >= 11 is 7.38. The van der Waals surface area contributed by atoms with Gasteiger partial charge < -0.3 is 8.83 Å². The number of halogens is 1. The van der Waals surface area contributed by atoms with Crippen LogP contribution < -0.4 is 0 Å². The number of hydrazone groups is 1. The largest absolute Gasteiger partial charge is 0.469 e. The Morgan fingerprint density at radius 2 is 1.82 bits per heavy atom. The Hall–Kier alpha value is -4.08. The average molecular weight is 544 g/mol. The van der Waals surface area contributed by atoms with Crippen LogP contribution in [0.5, 0.6) is 0 Å². The third kappa shape index (κ3) is 4.66. The van der Waals surface area contributed by atoms with E-state index in [0.717, 1.165) is 28.3 Å². The summed E-state index contributed by atoms with van der Waals surface area (Å²) in [5.74, 6) is 2.02. The Morgan fingerprint density at radius 3 is 2.53 bits per heavy atom. The first-order valence-corrected chi connectivity index (χ1v) is 13.3. The van der Waals surface area contributed by atoms with E-state index in [1.165, 1.54) is 16.8 Å². The number of aryl methyl sites for hydroxylation is 1. The van der Waals surface area contributed by atoms with Crippen molar-refractivity contribution in [2.45, 2.75) is 24.5 Å². The van der Waals surface area contributed by atoms with Crippen molar-refractivity contribution in [2.24, 2.45) is 5.10 Å². The number of rotatable bonds is 7. The Balaban J connectivity index is 1.29. The lowest BCUT2D eigenvalue weighted by Gasteiger charge is -2.19. The quantitative estimate of drug-likeness (QED) is 0.216. The zero-order valence-corrected chi connectivity index (χ0v) is 21.9. The number of hydrogen-bond acceptors (Lipinski definition) is 7. The average Bonchev–Trinajstić information content (AvgIpc) is 3.74. The van der Waals surface area contributed by atoms with Crippen molar-refractivity contribution in [3.63, 3.8) is 0 Å². The molecule has 0 saturated heterocycles. The molecule has 0 N–H and O–H groups in total. The number of furan rings is 2. The third-order valence-electron chi connectivity index (χ3n) is 6.29. The normalized spacial score (nSPS) is 15.2. The minimum absolute atomic E-state index is 0.115. The van der Waals surface area contributed by atoms with Gasteiger partial charge in [-0.1, -0.05) is 53.7 Å². The SMILES string of the molecule is Cc1occc1-c1nnc(SCC(=O)N2N=C(c3ccc(Cl)cc3)C[C@@H]2c2ccco2)n1-c1ccccc1. The van der Waals surface area contributed by atoms with Gasteiger partial charge in [0, 0.05) is 17.1 Å². The molecule has 0 spiro atoms. The highest BCUT2D eigenvalue weighted by Crippen LogP contribution is 2.35. The van der Waals surface area contributed by atoms with E-state index in [1.54, 1.807) is 12.5 Å². The topological polar surface area (TPSA) is 89.7 Å². The first-order valence-electron chi connectivity index (χ1n) is 12.0. The number of carbonyl (C=O) groups is 1. The molecule has 190 valence electrons. The van der Waals surface area contributed by atoms with Crippen LogP contribution in [0.2, 0.25) is 5.02 Å². The standard InChI is InChI=1S/C28H22ClN5O3S/c1-18-22(13-15-36-18)27-30-31-28(33(27)21-6-3-2-4-7-21)38-17-26(35)34-24(25-8-5-14-37-25)16-23(32-34)19-9-11-20(29)12-10-19/h2-15,24H,16-17H2,1H3/t24-/m1/s1. The van der Waals surface area contributed by atoms with Gasteiger partial charge >= 0.3 is 0 Å². The molecule has 4 heterocycles. The Kier molecular flexibility index (Phi) is 6.61. The lowest BCUT2D eigenvalue weighted by atomic mass is 10.0. The van der Waals surface area contributed by atoms with Gasteiger partial charge in [0.25, 0.3) is 5.91 Å². The van der Waals surface area contributed by atoms with Crippen molar-refractivity contribution < 1.29 is 13.6 Å². The van der Waals surface area contributed by atoms with Crippen molar-refractivity contribution >= 4 is 35.0 Å². The molecule has 1 atom stereocenters. The second-order valence-corrected chi connectivity index (χ2v) is 10.1. The summed E-state index contributed by atoms with van der Waals surface area (Å²) in [7, 11) is 0. The van der Waals surface area contributed by atoms with Crippen LogP contribution >= 0.6 is 23.4 Å². The van der Waals surface area contributed by atoms with E-state index >= 15 is 0 Å². The molecule has 10 heteroatoms. The molecule has 6 rings (SSSR count). The molecule has 1 aliphatic rings. The number of benzene rings is 2. The van der Waals surface area contributed by atoms with E-state index in [9.17, 15) is 4.79 Å². The number of carbonyl (C=O) groups excluding carboxylic acids is 1. The highest BCUT2D eigenvalue weighted by molar-refractivity contribution is 7.99. The molecular weight excluding hydrogens is 522 g/mol. The fourth-order valence-electron chi connectivity index (χ4n) is 4.42. The van der Waals surface area contributed by atoms with Crippen molar-refractivity contribution in [1.82, 2.24) is 19.8 Å². The molecule has 3 aromatic heterocycles. The third-order valence-corrected chi connectivity index (χ3v) is 7.45. The van der Waals surface area contributed by atoms with Crippen LogP contribution in [-0.4, -0.2) is 37.1 Å². The second kappa shape index (κ2) is 10.4. The van der Waals surface area contributed by atoms with Crippen molar-refractivity contribution in [2.75, 3.05) is 5.75 Å². The molecule has 8 nitrogen and oxygen atoms in total. The van der Waals surface area contributed by atoms with Crippen LogP contribution in [0.1, 0.15) is 29.5 Å². The number of amides is 1. The van der Waals surface area contributed by atoms with Gasteiger partial charge in [-0.3, -0.25) is 9.36 Å². The molecule has 2 aromatic carbocycles. The zero-order valence-electron chi connectivity index (χ0n) is 20.3. The number of nitrogens with zero attached hydrogens (tertiary/aromatic N) is 5. The summed E-state index contributed by atoms with van der Waals surface area (Å²) in [5, 5.41) is 16.3. The van der Waals surface area contributed by atoms with Gasteiger partial charge in [0.15, 0.2) is 11.0 Å². The monoisotopic (exact) mass is 543 g/mol. The summed E-state index contributed by atoms with van der Waals surface area (Å²) < 4.78 is 13.1. The van der Waals surface area contributed by atoms with E-state index in [0.29, 0.717) is 28.2 Å². The first kappa shape index (κ1) is 24.3. The molecule has 0 saturated carbocycles. The zero-order chi connectivity index (χ0) is 26.1. The van der Waals surface area contributed by atoms with Crippen molar-refractivity contribution in [1.29, 1.82) is 0 Å². The predicted molar refractivity (Wildman–Crippen MR) is 145 cm³/mol. The lowest BCUT2D eigenvalue weighted by molar-refractivity contribution is -0.130. The van der Waals surface area contributed by atoms with Crippen LogP contribution in [0.4, 0.5) is 0 Å². The molecule has 1 aliphatic heterocycles. The molecule has 0 aliphatic carbocycles. The highest BCUT2D eigenvalue weighted by Gasteiger charge is 2.35. The molecule has 1 amide bonds. The van der Waals surface area contributed by atoms with Gasteiger partial charge in [-0.2, -0.15) is 5.10 Å². The summed E-state index contributed by atoms with van der Waals surface area (Å²) in [6.45, 7) is 1.88. The molecule has 38 heavy (non-hydrogen) atoms. The summed E-state index contributed by atoms with van der Waals surface area (Å²) in [4.78, 5) is 13.6. The van der Waals surface area contributed by atoms with E-state index in [4.69, 9.17) is 25.5 Å². The Labute approximate surface area is 227 Å². The number of aromatic nitrogens is 3. The maximum absolute atomic E-state index is 13.6. The van der Waals surface area contributed by atoms with Gasteiger partial charge in [-0.05, 0) is 55.0 Å². The van der Waals surface area contributed by atoms with E-state index in [-0.39, 0.29) is 17.7 Å². The lowest BCUT2D eigenvalue weighted by Crippen LogP contribution is -2.28. The van der Waals surface area contributed by atoms with Crippen LogP contribution in [0.15, 0.2) is 104 Å². The Morgan fingerprint density at radius 1 is 1.00 bits per heavy atom. The van der Waals surface area contributed by atoms with Crippen molar-refractivity contribution in [3.8, 4) is 17.1 Å². The van der Waals surface area contributed by atoms with Gasteiger partial charge in [-0.25, -0.2) is 5.01 Å². The number of hydrogen-bond donors (Lipinski definition) is 0. The molecule has 5 aromatic rings. The maximum atomic E-state index is 13.6. The molecule has 0 fully saturated rings. The minimum Gasteiger partial charge on any atom is -0.469 e. The Bertz CT molecular complexity index is 1590. The predicted octanol–water partition coefficient (Wildman–Crippen LogP) is 6.55. The second-order valence-electron chi connectivity index (χ2n) is 8.68. The highest BCUT2D eigenvalue weighted by atomic mass is 35.5. The molecule has 0 radical (unpaired) electrons. The van der Waals surface area contributed by atoms with Crippen LogP contribution in [0, 0.1) is 6.92 Å². The number of para-hydroxylation sites is 1. The molecular formula is C28H22ClN5O3S. The fourth-order valence-corrected chi connectivity index (χ4v) is 5.35. The van der Waals surface area contributed by atoms with Gasteiger partial charge in [0.05, 0.1) is 29.6 Å². The van der Waals surface area contributed by atoms with E-state index in [1.807, 2.05) is 84.3 Å². The van der Waals surface area contributed by atoms with E-state index in [2.05, 4.69) is 10.2 Å². The van der Waals surface area contributed by atoms with Gasteiger partial charge in [0.1, 0.15) is 17.6 Å². The van der Waals surface area contributed by atoms with E-state index < -0.39 is 0 Å². The van der Waals surface area contributed by atoms with Gasteiger partial charge in [0.2, 0.25) is 0 Å². The van der Waals surface area contributed by atoms with Gasteiger partial charge in [-0.15, -0.1) is 10.2 Å². The van der Waals surface area contributed by atoms with Crippen LogP contribution in [0.3, 0.4) is 0 Å². The van der Waals surface area contributed by atoms with Crippen LogP contribution in [0.25, 0.3) is 17.1 Å². The maximum Gasteiger partial charge on any atom is 0.253 e. The molecule has 0 unspecified atom stereocenters. The van der Waals surface area contributed by atoms with Crippen molar-refractivity contribution in [3.05, 3.63) is 107 Å². The minimum atomic E-state index is -0.333. The molecule has 0 bridgehead atoms.